The quantitative estimate of drug-likeness (QED) is 0.680. The van der Waals surface area contributed by atoms with Crippen LogP contribution in [0.2, 0.25) is 5.02 Å². The van der Waals surface area contributed by atoms with Crippen molar-refractivity contribution in [2.45, 2.75) is 20.0 Å². The van der Waals surface area contributed by atoms with Gasteiger partial charge in [0, 0.05) is 42.8 Å². The molecule has 8 heteroatoms. The highest BCUT2D eigenvalue weighted by atomic mass is 35.5. The topological polar surface area (TPSA) is 71.4 Å². The van der Waals surface area contributed by atoms with Gasteiger partial charge in [-0.3, -0.25) is 9.80 Å². The lowest BCUT2D eigenvalue weighted by molar-refractivity contribution is 0.105. The second kappa shape index (κ2) is 7.57. The van der Waals surface area contributed by atoms with Crippen LogP contribution < -0.4 is 0 Å². The number of piperazine rings is 1. The number of aryl methyl sites for hydroxylation is 1. The zero-order valence-electron chi connectivity index (χ0n) is 14.6. The number of benzene rings is 1. The lowest BCUT2D eigenvalue weighted by Crippen LogP contribution is -2.45. The van der Waals surface area contributed by atoms with Crippen LogP contribution in [0.3, 0.4) is 0 Å². The van der Waals surface area contributed by atoms with Gasteiger partial charge in [-0.15, -0.1) is 0 Å². The van der Waals surface area contributed by atoms with Crippen LogP contribution in [0.15, 0.2) is 39.4 Å². The van der Waals surface area contributed by atoms with Crippen molar-refractivity contribution < 1.29 is 9.05 Å². The zero-order chi connectivity index (χ0) is 17.9. The lowest BCUT2D eigenvalue weighted by atomic mass is 10.2. The van der Waals surface area contributed by atoms with E-state index < -0.39 is 0 Å². The molecule has 0 amide bonds. The largest absolute Gasteiger partial charge is 0.360 e. The predicted octanol–water partition coefficient (Wildman–Crippen LogP) is 3.00. The monoisotopic (exact) mass is 373 g/mol. The molecule has 0 bridgehead atoms. The molecule has 1 aliphatic rings. The van der Waals surface area contributed by atoms with E-state index in [1.807, 2.05) is 37.3 Å². The zero-order valence-corrected chi connectivity index (χ0v) is 15.3. The number of hydrogen-bond donors (Lipinski definition) is 0. The molecule has 1 saturated heterocycles. The standard InChI is InChI=1S/C18H20ClN5O2/c1-13-9-16(25-21-13)11-23-5-7-24(8-6-23)12-17-20-18(22-26-17)14-3-2-4-15(19)10-14/h2-4,9-10H,5-8,11-12H2,1H3. The Hall–Kier alpha value is -2.22. The van der Waals surface area contributed by atoms with E-state index in [9.17, 15) is 0 Å². The lowest BCUT2D eigenvalue weighted by Gasteiger charge is -2.33. The molecule has 1 aromatic carbocycles. The second-order valence-corrected chi connectivity index (χ2v) is 6.95. The molecular weight excluding hydrogens is 354 g/mol. The summed E-state index contributed by atoms with van der Waals surface area (Å²) < 4.78 is 10.7. The van der Waals surface area contributed by atoms with Crippen molar-refractivity contribution in [1.82, 2.24) is 25.1 Å². The molecule has 7 nitrogen and oxygen atoms in total. The molecular formula is C18H20ClN5O2. The van der Waals surface area contributed by atoms with Gasteiger partial charge in [0.15, 0.2) is 5.76 Å². The van der Waals surface area contributed by atoms with Gasteiger partial charge in [0.1, 0.15) is 0 Å². The van der Waals surface area contributed by atoms with Gasteiger partial charge in [-0.1, -0.05) is 34.0 Å². The average Bonchev–Trinajstić information content (AvgIpc) is 3.26. The summed E-state index contributed by atoms with van der Waals surface area (Å²) in [5.41, 5.74) is 1.78. The van der Waals surface area contributed by atoms with E-state index in [4.69, 9.17) is 20.6 Å². The Balaban J connectivity index is 1.30. The normalized spacial score (nSPS) is 16.2. The Morgan fingerprint density at radius 3 is 2.46 bits per heavy atom. The summed E-state index contributed by atoms with van der Waals surface area (Å²) in [6.45, 7) is 7.22. The van der Waals surface area contributed by atoms with Crippen LogP contribution in [0.4, 0.5) is 0 Å². The molecule has 0 saturated carbocycles. The van der Waals surface area contributed by atoms with Crippen molar-refractivity contribution in [3.8, 4) is 11.4 Å². The maximum absolute atomic E-state index is 6.02. The molecule has 3 heterocycles. The van der Waals surface area contributed by atoms with Crippen molar-refractivity contribution in [2.24, 2.45) is 0 Å². The molecule has 0 spiro atoms. The van der Waals surface area contributed by atoms with Crippen LogP contribution in [0.25, 0.3) is 11.4 Å². The average molecular weight is 374 g/mol. The maximum Gasteiger partial charge on any atom is 0.241 e. The predicted molar refractivity (Wildman–Crippen MR) is 96.5 cm³/mol. The van der Waals surface area contributed by atoms with Gasteiger partial charge in [0.25, 0.3) is 0 Å². The summed E-state index contributed by atoms with van der Waals surface area (Å²) in [7, 11) is 0. The van der Waals surface area contributed by atoms with Crippen molar-refractivity contribution in [3.05, 3.63) is 52.7 Å². The van der Waals surface area contributed by atoms with Crippen LogP contribution in [0, 0.1) is 6.92 Å². The Bertz CT molecular complexity index is 870. The summed E-state index contributed by atoms with van der Waals surface area (Å²) in [6.07, 6.45) is 0. The molecule has 0 aliphatic carbocycles. The van der Waals surface area contributed by atoms with E-state index in [1.54, 1.807) is 0 Å². The number of nitrogens with zero attached hydrogens (tertiary/aromatic N) is 5. The van der Waals surface area contributed by atoms with Crippen LogP contribution in [0.5, 0.6) is 0 Å². The molecule has 0 atom stereocenters. The summed E-state index contributed by atoms with van der Waals surface area (Å²) in [4.78, 5) is 9.17. The summed E-state index contributed by atoms with van der Waals surface area (Å²) in [5.74, 6) is 2.11. The first kappa shape index (κ1) is 17.2. The minimum atomic E-state index is 0.571. The fourth-order valence-corrected chi connectivity index (χ4v) is 3.26. The van der Waals surface area contributed by atoms with Gasteiger partial charge in [-0.05, 0) is 19.1 Å². The molecule has 0 unspecified atom stereocenters. The van der Waals surface area contributed by atoms with Gasteiger partial charge in [0.2, 0.25) is 11.7 Å². The van der Waals surface area contributed by atoms with Crippen LogP contribution in [0.1, 0.15) is 17.3 Å². The van der Waals surface area contributed by atoms with Gasteiger partial charge >= 0.3 is 0 Å². The Kier molecular flexibility index (Phi) is 5.01. The third-order valence-corrected chi connectivity index (χ3v) is 4.67. The van der Waals surface area contributed by atoms with Crippen LogP contribution in [-0.2, 0) is 13.1 Å². The Morgan fingerprint density at radius 2 is 1.77 bits per heavy atom. The number of halogens is 1. The fraction of sp³-hybridized carbons (Fsp3) is 0.389. The van der Waals surface area contributed by atoms with Gasteiger partial charge < -0.3 is 9.05 Å². The minimum Gasteiger partial charge on any atom is -0.360 e. The van der Waals surface area contributed by atoms with Crippen molar-refractivity contribution in [2.75, 3.05) is 26.2 Å². The smallest absolute Gasteiger partial charge is 0.241 e. The van der Waals surface area contributed by atoms with Crippen molar-refractivity contribution in [3.63, 3.8) is 0 Å². The van der Waals surface area contributed by atoms with E-state index in [-0.39, 0.29) is 0 Å². The van der Waals surface area contributed by atoms with Gasteiger partial charge in [-0.2, -0.15) is 4.98 Å². The molecule has 3 aromatic rings. The summed E-state index contributed by atoms with van der Waals surface area (Å²) in [6, 6.07) is 9.45. The van der Waals surface area contributed by atoms with E-state index in [0.29, 0.717) is 23.3 Å². The molecule has 2 aromatic heterocycles. The van der Waals surface area contributed by atoms with E-state index in [0.717, 1.165) is 49.7 Å². The molecule has 136 valence electrons. The fourth-order valence-electron chi connectivity index (χ4n) is 3.07. The SMILES string of the molecule is Cc1cc(CN2CCN(Cc3nc(-c4cccc(Cl)c4)no3)CC2)on1. The third-order valence-electron chi connectivity index (χ3n) is 4.43. The highest BCUT2D eigenvalue weighted by Crippen LogP contribution is 2.20. The van der Waals surface area contributed by atoms with E-state index in [2.05, 4.69) is 25.1 Å². The molecule has 26 heavy (non-hydrogen) atoms. The van der Waals surface area contributed by atoms with E-state index in [1.165, 1.54) is 0 Å². The van der Waals surface area contributed by atoms with Gasteiger partial charge in [-0.25, -0.2) is 0 Å². The first-order valence-corrected chi connectivity index (χ1v) is 8.99. The molecule has 4 rings (SSSR count). The molecule has 1 aliphatic heterocycles. The summed E-state index contributed by atoms with van der Waals surface area (Å²) in [5, 5.41) is 8.66. The van der Waals surface area contributed by atoms with E-state index >= 15 is 0 Å². The van der Waals surface area contributed by atoms with Crippen molar-refractivity contribution >= 4 is 11.6 Å². The Labute approximate surface area is 156 Å². The second-order valence-electron chi connectivity index (χ2n) is 6.51. The van der Waals surface area contributed by atoms with Gasteiger partial charge in [0.05, 0.1) is 18.8 Å². The van der Waals surface area contributed by atoms with Crippen LogP contribution in [-0.4, -0.2) is 51.3 Å². The van der Waals surface area contributed by atoms with Crippen molar-refractivity contribution in [1.29, 1.82) is 0 Å². The molecule has 1 fully saturated rings. The number of hydrogen-bond acceptors (Lipinski definition) is 7. The molecule has 0 radical (unpaired) electrons. The number of rotatable bonds is 5. The maximum atomic E-state index is 6.02. The first-order chi connectivity index (χ1) is 12.7. The molecule has 0 N–H and O–H groups in total. The minimum absolute atomic E-state index is 0.571. The Morgan fingerprint density at radius 1 is 1.00 bits per heavy atom. The highest BCUT2D eigenvalue weighted by molar-refractivity contribution is 6.30. The summed E-state index contributed by atoms with van der Waals surface area (Å²) >= 11 is 6.02. The number of aromatic nitrogens is 3. The van der Waals surface area contributed by atoms with Crippen LogP contribution >= 0.6 is 11.6 Å². The highest BCUT2D eigenvalue weighted by Gasteiger charge is 2.20. The first-order valence-electron chi connectivity index (χ1n) is 8.61. The third kappa shape index (κ3) is 4.12.